The van der Waals surface area contributed by atoms with Crippen LogP contribution in [0.15, 0.2) is 0 Å². The van der Waals surface area contributed by atoms with Crippen molar-refractivity contribution in [3.05, 3.63) is 0 Å². The highest BCUT2D eigenvalue weighted by Crippen LogP contribution is 2.17. The van der Waals surface area contributed by atoms with E-state index in [0.29, 0.717) is 0 Å². The number of hydrogen-bond donors (Lipinski definition) is 2. The van der Waals surface area contributed by atoms with E-state index in [1.165, 1.54) is 10.8 Å². The zero-order valence-electron chi connectivity index (χ0n) is 7.24. The molecule has 0 saturated carbocycles. The van der Waals surface area contributed by atoms with Crippen LogP contribution < -0.4 is 4.72 Å². The zero-order valence-corrected chi connectivity index (χ0v) is 8.87. The third-order valence-electron chi connectivity index (χ3n) is 1.02. The Balaban J connectivity index is 2.96. The predicted molar refractivity (Wildman–Crippen MR) is 54.4 cm³/mol. The van der Waals surface area contributed by atoms with Crippen LogP contribution in [0.5, 0.6) is 0 Å². The van der Waals surface area contributed by atoms with Crippen molar-refractivity contribution in [2.75, 3.05) is 26.4 Å². The van der Waals surface area contributed by atoms with E-state index in [1.807, 2.05) is 14.1 Å². The average Bonchev–Trinajstić information content (AvgIpc) is 1.95. The van der Waals surface area contributed by atoms with Crippen molar-refractivity contribution in [2.24, 2.45) is 0 Å². The summed E-state index contributed by atoms with van der Waals surface area (Å²) in [6, 6.07) is 0. The number of hydrogen-bond acceptors (Lipinski definition) is 4. The van der Waals surface area contributed by atoms with E-state index >= 15 is 0 Å². The number of nitrogens with one attached hydrogen (secondary N) is 1. The van der Waals surface area contributed by atoms with Crippen molar-refractivity contribution < 1.29 is 9.90 Å². The van der Waals surface area contributed by atoms with Crippen LogP contribution in [-0.2, 0) is 0 Å². The van der Waals surface area contributed by atoms with Crippen LogP contribution >= 0.6 is 21.8 Å². The molecular formula is C6H14N2O2S2. The van der Waals surface area contributed by atoms with Crippen LogP contribution in [-0.4, -0.2) is 42.5 Å². The van der Waals surface area contributed by atoms with E-state index in [9.17, 15) is 4.79 Å². The first-order valence-electron chi connectivity index (χ1n) is 3.55. The molecule has 0 spiro atoms. The average molecular weight is 210 g/mol. The summed E-state index contributed by atoms with van der Waals surface area (Å²) in [7, 11) is 6.73. The van der Waals surface area contributed by atoms with Crippen LogP contribution in [0.4, 0.5) is 4.79 Å². The highest BCUT2D eigenvalue weighted by atomic mass is 33.1. The fourth-order valence-corrected chi connectivity index (χ4v) is 2.00. The number of amides is 1. The van der Waals surface area contributed by atoms with Crippen LogP contribution in [0, 0.1) is 0 Å². The van der Waals surface area contributed by atoms with E-state index in [4.69, 9.17) is 5.11 Å². The van der Waals surface area contributed by atoms with Crippen molar-refractivity contribution in [2.45, 2.75) is 6.42 Å². The predicted octanol–water partition coefficient (Wildman–Crippen LogP) is 1.50. The molecule has 0 atom stereocenters. The van der Waals surface area contributed by atoms with Gasteiger partial charge in [-0.15, -0.1) is 0 Å². The molecule has 0 aromatic carbocycles. The summed E-state index contributed by atoms with van der Waals surface area (Å²) in [5.74, 6) is 0.961. The monoisotopic (exact) mass is 210 g/mol. The molecule has 0 bridgehead atoms. The summed E-state index contributed by atoms with van der Waals surface area (Å²) in [4.78, 5) is 12.1. The van der Waals surface area contributed by atoms with Gasteiger partial charge in [-0.05, 0) is 27.1 Å². The molecule has 4 nitrogen and oxygen atoms in total. The normalized spacial score (nSPS) is 10.2. The highest BCUT2D eigenvalue weighted by Gasteiger charge is 1.95. The van der Waals surface area contributed by atoms with E-state index < -0.39 is 6.09 Å². The lowest BCUT2D eigenvalue weighted by Crippen LogP contribution is -2.13. The van der Waals surface area contributed by atoms with Gasteiger partial charge in [0.25, 0.3) is 0 Å². The first-order valence-corrected chi connectivity index (χ1v) is 5.87. The molecular weight excluding hydrogens is 196 g/mol. The SMILES string of the molecule is CN(C)CCCSSNC(=O)O. The third-order valence-corrected chi connectivity index (χ3v) is 2.96. The Kier molecular flexibility index (Phi) is 7.53. The summed E-state index contributed by atoms with van der Waals surface area (Å²) in [5, 5.41) is 8.20. The van der Waals surface area contributed by atoms with Gasteiger partial charge >= 0.3 is 6.09 Å². The smallest absolute Gasteiger partial charge is 0.415 e. The molecule has 0 radical (unpaired) electrons. The fourth-order valence-electron chi connectivity index (χ4n) is 0.546. The molecule has 0 aliphatic carbocycles. The Bertz CT molecular complexity index is 133. The summed E-state index contributed by atoms with van der Waals surface area (Å²) < 4.78 is 2.22. The largest absolute Gasteiger partial charge is 0.464 e. The van der Waals surface area contributed by atoms with Crippen molar-refractivity contribution in [3.63, 3.8) is 0 Å². The van der Waals surface area contributed by atoms with Crippen LogP contribution in [0.1, 0.15) is 6.42 Å². The second-order valence-electron chi connectivity index (χ2n) is 2.47. The van der Waals surface area contributed by atoms with Gasteiger partial charge in [-0.1, -0.05) is 10.8 Å². The minimum absolute atomic E-state index is 0.961. The maximum atomic E-state index is 9.99. The van der Waals surface area contributed by atoms with E-state index in [1.54, 1.807) is 0 Å². The topological polar surface area (TPSA) is 52.6 Å². The molecule has 0 saturated heterocycles. The Hall–Kier alpha value is -0.0700. The van der Waals surface area contributed by atoms with Crippen molar-refractivity contribution >= 4 is 27.9 Å². The molecule has 0 heterocycles. The van der Waals surface area contributed by atoms with Crippen LogP contribution in [0.2, 0.25) is 0 Å². The van der Waals surface area contributed by atoms with Gasteiger partial charge in [-0.3, -0.25) is 4.72 Å². The molecule has 6 heteroatoms. The third kappa shape index (κ3) is 9.93. The van der Waals surface area contributed by atoms with Gasteiger partial charge in [0.1, 0.15) is 0 Å². The maximum absolute atomic E-state index is 9.99. The molecule has 0 fully saturated rings. The van der Waals surface area contributed by atoms with E-state index in [-0.39, 0.29) is 0 Å². The first-order chi connectivity index (χ1) is 5.63. The second-order valence-corrected chi connectivity index (χ2v) is 4.69. The standard InChI is InChI=1S/C6H14N2O2S2/c1-8(2)4-3-5-11-12-7-6(9)10/h7H,3-5H2,1-2H3,(H,9,10). The molecule has 2 N–H and O–H groups in total. The molecule has 72 valence electrons. The Morgan fingerprint density at radius 1 is 1.58 bits per heavy atom. The highest BCUT2D eigenvalue weighted by molar-refractivity contribution is 8.76. The van der Waals surface area contributed by atoms with Gasteiger partial charge in [0.05, 0.1) is 0 Å². The summed E-state index contributed by atoms with van der Waals surface area (Å²) >= 11 is 0. The number of carboxylic acid groups (broad SMARTS) is 1. The van der Waals surface area contributed by atoms with Gasteiger partial charge in [0.2, 0.25) is 0 Å². The fraction of sp³-hybridized carbons (Fsp3) is 0.833. The van der Waals surface area contributed by atoms with Gasteiger partial charge in [-0.25, -0.2) is 4.79 Å². The minimum Gasteiger partial charge on any atom is -0.464 e. The lowest BCUT2D eigenvalue weighted by Gasteiger charge is -2.07. The zero-order chi connectivity index (χ0) is 9.40. The molecule has 0 aromatic rings. The van der Waals surface area contributed by atoms with E-state index in [2.05, 4.69) is 9.62 Å². The van der Waals surface area contributed by atoms with Gasteiger partial charge in [0.15, 0.2) is 0 Å². The molecule has 12 heavy (non-hydrogen) atoms. The minimum atomic E-state index is -0.986. The lowest BCUT2D eigenvalue weighted by molar-refractivity contribution is 0.202. The van der Waals surface area contributed by atoms with Crippen molar-refractivity contribution in [1.29, 1.82) is 0 Å². The quantitative estimate of drug-likeness (QED) is 0.395. The lowest BCUT2D eigenvalue weighted by atomic mass is 10.5. The Labute approximate surface area is 80.6 Å². The van der Waals surface area contributed by atoms with Crippen molar-refractivity contribution in [1.82, 2.24) is 9.62 Å². The summed E-state index contributed by atoms with van der Waals surface area (Å²) in [6.07, 6.45) is 0.0894. The number of carbonyl (C=O) groups is 1. The second kappa shape index (κ2) is 7.57. The molecule has 0 unspecified atom stereocenters. The maximum Gasteiger partial charge on any atom is 0.415 e. The van der Waals surface area contributed by atoms with Crippen molar-refractivity contribution in [3.8, 4) is 0 Å². The molecule has 1 amide bonds. The first kappa shape index (κ1) is 11.9. The molecule has 0 aliphatic heterocycles. The van der Waals surface area contributed by atoms with E-state index in [0.717, 1.165) is 29.7 Å². The summed E-state index contributed by atoms with van der Waals surface area (Å²) in [6.45, 7) is 1.04. The number of rotatable bonds is 6. The Morgan fingerprint density at radius 2 is 2.25 bits per heavy atom. The molecule has 0 aliphatic rings. The van der Waals surface area contributed by atoms with Gasteiger partial charge in [0, 0.05) is 16.7 Å². The van der Waals surface area contributed by atoms with Gasteiger partial charge < -0.3 is 10.0 Å². The van der Waals surface area contributed by atoms with Crippen LogP contribution in [0.3, 0.4) is 0 Å². The van der Waals surface area contributed by atoms with Crippen LogP contribution in [0.25, 0.3) is 0 Å². The summed E-state index contributed by atoms with van der Waals surface area (Å²) in [5.41, 5.74) is 0. The molecule has 0 rings (SSSR count). The van der Waals surface area contributed by atoms with Gasteiger partial charge in [-0.2, -0.15) is 0 Å². The number of nitrogens with zero attached hydrogens (tertiary/aromatic N) is 1. The Morgan fingerprint density at radius 3 is 2.75 bits per heavy atom. The molecule has 0 aromatic heterocycles.